The smallest absolute Gasteiger partial charge is 0.341 e. The summed E-state index contributed by atoms with van der Waals surface area (Å²) in [7, 11) is 0. The molecule has 1 N–H and O–H groups in total. The van der Waals surface area contributed by atoms with Crippen molar-refractivity contribution in [1.29, 1.82) is 0 Å². The van der Waals surface area contributed by atoms with Crippen molar-refractivity contribution in [3.8, 4) is 11.3 Å². The molecule has 0 aliphatic heterocycles. The molecule has 0 aliphatic rings. The number of aromatic carboxylic acids is 1. The minimum absolute atomic E-state index is 0.0105. The van der Waals surface area contributed by atoms with Gasteiger partial charge in [0.2, 0.25) is 0 Å². The van der Waals surface area contributed by atoms with Crippen molar-refractivity contribution in [1.82, 2.24) is 5.16 Å². The van der Waals surface area contributed by atoms with E-state index in [1.807, 2.05) is 0 Å². The second-order valence-corrected chi connectivity index (χ2v) is 5.29. The van der Waals surface area contributed by atoms with Gasteiger partial charge in [-0.2, -0.15) is 0 Å². The molecule has 2 rings (SSSR count). The number of carbonyl (C=O) groups is 1. The highest BCUT2D eigenvalue weighted by Crippen LogP contribution is 2.39. The zero-order valence-electron chi connectivity index (χ0n) is 7.95. The lowest BCUT2D eigenvalue weighted by molar-refractivity contribution is 0.0696. The van der Waals surface area contributed by atoms with E-state index in [1.54, 1.807) is 6.07 Å². The van der Waals surface area contributed by atoms with E-state index in [9.17, 15) is 4.79 Å². The Balaban J connectivity index is 2.65. The van der Waals surface area contributed by atoms with Gasteiger partial charge in [0.15, 0.2) is 0 Å². The summed E-state index contributed by atoms with van der Waals surface area (Å²) in [6.45, 7) is 1.53. The van der Waals surface area contributed by atoms with E-state index >= 15 is 0 Å². The molecule has 0 aliphatic carbocycles. The summed E-state index contributed by atoms with van der Waals surface area (Å²) < 4.78 is 5.71. The quantitative estimate of drug-likeness (QED) is 0.909. The van der Waals surface area contributed by atoms with Crippen LogP contribution in [0.3, 0.4) is 0 Å². The molecule has 0 amide bonds. The molecule has 7 heteroatoms. The number of hydrogen-bond donors (Lipinski definition) is 1. The summed E-state index contributed by atoms with van der Waals surface area (Å²) in [5.74, 6) is -0.868. The predicted molar refractivity (Wildman–Crippen MR) is 61.5 cm³/mol. The number of aromatic nitrogens is 1. The number of nitrogens with zero attached hydrogens (tertiary/aromatic N) is 1. The van der Waals surface area contributed by atoms with Gasteiger partial charge in [-0.05, 0) is 13.0 Å². The van der Waals surface area contributed by atoms with Crippen LogP contribution in [-0.4, -0.2) is 16.2 Å². The molecule has 4 nitrogen and oxygen atoms in total. The van der Waals surface area contributed by atoms with Gasteiger partial charge in [0, 0.05) is 5.56 Å². The van der Waals surface area contributed by atoms with E-state index in [0.29, 0.717) is 14.2 Å². The van der Waals surface area contributed by atoms with Crippen LogP contribution in [0.1, 0.15) is 16.1 Å². The molecule has 2 aromatic rings. The minimum Gasteiger partial charge on any atom is -0.477 e. The lowest BCUT2D eigenvalue weighted by atomic mass is 10.1. The normalized spacial score (nSPS) is 10.7. The molecule has 0 atom stereocenters. The Bertz CT molecular complexity index is 561. The number of hydrogen-bond acceptors (Lipinski definition) is 4. The van der Waals surface area contributed by atoms with Crippen molar-refractivity contribution in [3.05, 3.63) is 26.1 Å². The van der Waals surface area contributed by atoms with Crippen molar-refractivity contribution in [2.45, 2.75) is 6.92 Å². The lowest BCUT2D eigenvalue weighted by Crippen LogP contribution is -1.98. The molecule has 84 valence electrons. The molecule has 0 spiro atoms. The van der Waals surface area contributed by atoms with Gasteiger partial charge >= 0.3 is 5.97 Å². The Kier molecular flexibility index (Phi) is 2.92. The first kappa shape index (κ1) is 11.4. The molecule has 0 bridgehead atoms. The van der Waals surface area contributed by atoms with Gasteiger partial charge in [0.25, 0.3) is 0 Å². The van der Waals surface area contributed by atoms with Crippen molar-refractivity contribution >= 4 is 40.5 Å². The fraction of sp³-hybridized carbons (Fsp3) is 0.111. The van der Waals surface area contributed by atoms with Gasteiger partial charge in [-0.15, -0.1) is 11.3 Å². The van der Waals surface area contributed by atoms with Gasteiger partial charge in [-0.1, -0.05) is 28.4 Å². The van der Waals surface area contributed by atoms with Crippen LogP contribution in [0.5, 0.6) is 0 Å². The topological polar surface area (TPSA) is 63.3 Å². The zero-order valence-corrected chi connectivity index (χ0v) is 10.3. The van der Waals surface area contributed by atoms with Gasteiger partial charge in [-0.25, -0.2) is 4.79 Å². The molecule has 0 radical (unpaired) electrons. The van der Waals surface area contributed by atoms with Crippen LogP contribution in [-0.2, 0) is 0 Å². The highest BCUT2D eigenvalue weighted by Gasteiger charge is 2.23. The van der Waals surface area contributed by atoms with E-state index in [4.69, 9.17) is 32.8 Å². The molecule has 2 heterocycles. The van der Waals surface area contributed by atoms with Crippen LogP contribution in [0, 0.1) is 6.92 Å². The minimum atomic E-state index is -1.10. The number of aryl methyl sites for hydroxylation is 1. The van der Waals surface area contributed by atoms with E-state index in [2.05, 4.69) is 5.16 Å². The molecular weight excluding hydrogens is 273 g/mol. The maximum absolute atomic E-state index is 11.0. The molecule has 2 aromatic heterocycles. The van der Waals surface area contributed by atoms with Crippen LogP contribution in [0.4, 0.5) is 0 Å². The Hall–Kier alpha value is -1.04. The molecule has 0 aromatic carbocycles. The third-order valence-electron chi connectivity index (χ3n) is 1.99. The summed E-state index contributed by atoms with van der Waals surface area (Å²) in [5, 5.41) is 12.7. The number of thiophene rings is 1. The molecule has 0 fully saturated rings. The zero-order chi connectivity index (χ0) is 11.9. The lowest BCUT2D eigenvalue weighted by Gasteiger charge is -1.94. The Morgan fingerprint density at radius 2 is 2.25 bits per heavy atom. The number of carboxylic acid groups (broad SMARTS) is 1. The summed E-state index contributed by atoms with van der Waals surface area (Å²) >= 11 is 12.9. The van der Waals surface area contributed by atoms with Crippen LogP contribution in [0.25, 0.3) is 11.3 Å². The van der Waals surface area contributed by atoms with Crippen molar-refractivity contribution in [2.75, 3.05) is 0 Å². The fourth-order valence-corrected chi connectivity index (χ4v) is 2.78. The van der Waals surface area contributed by atoms with Gasteiger partial charge < -0.3 is 9.63 Å². The van der Waals surface area contributed by atoms with Crippen LogP contribution < -0.4 is 0 Å². The molecule has 0 unspecified atom stereocenters. The Labute approximate surface area is 104 Å². The fourth-order valence-electron chi connectivity index (χ4n) is 1.31. The van der Waals surface area contributed by atoms with E-state index in [1.165, 1.54) is 6.92 Å². The maximum Gasteiger partial charge on any atom is 0.341 e. The van der Waals surface area contributed by atoms with Gasteiger partial charge in [0.05, 0.1) is 4.34 Å². The number of rotatable bonds is 2. The third kappa shape index (κ3) is 1.81. The molecule has 16 heavy (non-hydrogen) atoms. The highest BCUT2D eigenvalue weighted by atomic mass is 35.5. The summed E-state index contributed by atoms with van der Waals surface area (Å²) in [4.78, 5) is 11.0. The average Bonchev–Trinajstić information content (AvgIpc) is 2.69. The predicted octanol–water partition coefficient (Wildman–Crippen LogP) is 3.72. The summed E-state index contributed by atoms with van der Waals surface area (Å²) in [5.41, 5.74) is 0.695. The Morgan fingerprint density at radius 3 is 2.75 bits per heavy atom. The van der Waals surface area contributed by atoms with Crippen LogP contribution in [0.2, 0.25) is 8.67 Å². The van der Waals surface area contributed by atoms with Gasteiger partial charge in [0.1, 0.15) is 21.4 Å². The van der Waals surface area contributed by atoms with Crippen molar-refractivity contribution < 1.29 is 14.4 Å². The second kappa shape index (κ2) is 4.08. The first-order chi connectivity index (χ1) is 7.50. The maximum atomic E-state index is 11.0. The third-order valence-corrected chi connectivity index (χ3v) is 3.48. The van der Waals surface area contributed by atoms with E-state index < -0.39 is 5.97 Å². The molecule has 0 saturated carbocycles. The van der Waals surface area contributed by atoms with E-state index in [-0.39, 0.29) is 17.0 Å². The number of halogens is 2. The van der Waals surface area contributed by atoms with Gasteiger partial charge in [-0.3, -0.25) is 0 Å². The summed E-state index contributed by atoms with van der Waals surface area (Å²) in [6.07, 6.45) is 0. The van der Waals surface area contributed by atoms with E-state index in [0.717, 1.165) is 11.3 Å². The monoisotopic (exact) mass is 277 g/mol. The first-order valence-electron chi connectivity index (χ1n) is 4.15. The van der Waals surface area contributed by atoms with Crippen molar-refractivity contribution in [2.24, 2.45) is 0 Å². The van der Waals surface area contributed by atoms with Crippen molar-refractivity contribution in [3.63, 3.8) is 0 Å². The molecular formula is C9H5Cl2NO3S. The number of carboxylic acids is 1. The largest absolute Gasteiger partial charge is 0.477 e. The second-order valence-electron chi connectivity index (χ2n) is 3.01. The summed E-state index contributed by atoms with van der Waals surface area (Å²) in [6, 6.07) is 1.57. The molecule has 0 saturated heterocycles. The SMILES string of the molecule is Cc1onc(-c2cc(Cl)sc2Cl)c1C(=O)O. The highest BCUT2D eigenvalue weighted by molar-refractivity contribution is 7.20. The average molecular weight is 278 g/mol. The van der Waals surface area contributed by atoms with Crippen LogP contribution in [0.15, 0.2) is 10.6 Å². The Morgan fingerprint density at radius 1 is 1.56 bits per heavy atom. The van der Waals surface area contributed by atoms with Crippen LogP contribution >= 0.6 is 34.5 Å². The first-order valence-corrected chi connectivity index (χ1v) is 5.72. The standard InChI is InChI=1S/C9H5Cl2NO3S/c1-3-6(9(13)14)7(12-15-3)4-2-5(10)16-8(4)11/h2H,1H3,(H,13,14).